The van der Waals surface area contributed by atoms with E-state index in [0.29, 0.717) is 5.82 Å². The van der Waals surface area contributed by atoms with Gasteiger partial charge in [-0.3, -0.25) is 0 Å². The Labute approximate surface area is 128 Å². The Balaban J connectivity index is 2.19. The highest BCUT2D eigenvalue weighted by atomic mass is 15.2. The van der Waals surface area contributed by atoms with Crippen LogP contribution < -0.4 is 11.1 Å². The Bertz CT molecular complexity index is 490. The van der Waals surface area contributed by atoms with Gasteiger partial charge in [-0.25, -0.2) is 9.97 Å². The molecule has 118 valence electrons. The number of nitrogens with two attached hydrogens (primary N) is 1. The summed E-state index contributed by atoms with van der Waals surface area (Å²) in [7, 11) is 4.35. The molecule has 0 aliphatic heterocycles. The van der Waals surface area contributed by atoms with Crippen molar-refractivity contribution in [1.29, 1.82) is 0 Å². The van der Waals surface area contributed by atoms with E-state index < -0.39 is 0 Å². The van der Waals surface area contributed by atoms with Crippen LogP contribution in [0, 0.1) is 6.92 Å². The summed E-state index contributed by atoms with van der Waals surface area (Å²) in [6.07, 6.45) is 5.09. The van der Waals surface area contributed by atoms with Gasteiger partial charge in [0.05, 0.1) is 0 Å². The second-order valence-corrected chi connectivity index (χ2v) is 6.77. The molecule has 1 fully saturated rings. The number of anilines is 2. The zero-order valence-corrected chi connectivity index (χ0v) is 14.0. The van der Waals surface area contributed by atoms with Crippen LogP contribution in [-0.2, 0) is 0 Å². The number of nitrogens with zero attached hydrogens (tertiary/aromatic N) is 3. The van der Waals surface area contributed by atoms with Crippen LogP contribution >= 0.6 is 0 Å². The molecule has 1 aromatic rings. The molecule has 1 saturated carbocycles. The van der Waals surface area contributed by atoms with Gasteiger partial charge in [0.25, 0.3) is 0 Å². The van der Waals surface area contributed by atoms with Gasteiger partial charge in [0, 0.05) is 23.6 Å². The lowest BCUT2D eigenvalue weighted by Crippen LogP contribution is -2.47. The van der Waals surface area contributed by atoms with Crippen molar-refractivity contribution in [3.05, 3.63) is 11.4 Å². The monoisotopic (exact) mass is 291 g/mol. The zero-order chi connectivity index (χ0) is 15.6. The maximum Gasteiger partial charge on any atom is 0.135 e. The van der Waals surface area contributed by atoms with Crippen LogP contribution in [0.25, 0.3) is 0 Å². The minimum Gasteiger partial charge on any atom is -0.383 e. The van der Waals surface area contributed by atoms with Crippen molar-refractivity contribution >= 4 is 11.6 Å². The van der Waals surface area contributed by atoms with Gasteiger partial charge in [-0.05, 0) is 33.9 Å². The summed E-state index contributed by atoms with van der Waals surface area (Å²) >= 11 is 0. The fourth-order valence-corrected chi connectivity index (χ4v) is 3.05. The van der Waals surface area contributed by atoms with Crippen LogP contribution in [0.5, 0.6) is 0 Å². The SMILES string of the molecule is Cc1c(N)nc(C(C)C)nc1NCC1(N(C)C)CCCC1. The van der Waals surface area contributed by atoms with Crippen LogP contribution in [-0.4, -0.2) is 41.0 Å². The van der Waals surface area contributed by atoms with Crippen LogP contribution in [0.3, 0.4) is 0 Å². The Morgan fingerprint density at radius 2 is 1.86 bits per heavy atom. The first-order chi connectivity index (χ1) is 9.85. The number of rotatable bonds is 5. The number of aromatic nitrogens is 2. The van der Waals surface area contributed by atoms with Crippen molar-refractivity contribution in [3.8, 4) is 0 Å². The van der Waals surface area contributed by atoms with E-state index >= 15 is 0 Å². The summed E-state index contributed by atoms with van der Waals surface area (Å²) < 4.78 is 0. The van der Waals surface area contributed by atoms with Crippen molar-refractivity contribution in [3.63, 3.8) is 0 Å². The number of hydrogen-bond donors (Lipinski definition) is 2. The van der Waals surface area contributed by atoms with E-state index in [9.17, 15) is 0 Å². The van der Waals surface area contributed by atoms with Gasteiger partial charge in [-0.2, -0.15) is 0 Å². The molecule has 0 unspecified atom stereocenters. The maximum absolute atomic E-state index is 6.03. The lowest BCUT2D eigenvalue weighted by atomic mass is 9.96. The predicted octanol–water partition coefficient (Wildman–Crippen LogP) is 2.78. The first-order valence-electron chi connectivity index (χ1n) is 7.91. The highest BCUT2D eigenvalue weighted by Crippen LogP contribution is 2.34. The molecule has 0 saturated heterocycles. The van der Waals surface area contributed by atoms with Gasteiger partial charge in [0.2, 0.25) is 0 Å². The van der Waals surface area contributed by atoms with Crippen LogP contribution in [0.4, 0.5) is 11.6 Å². The summed E-state index contributed by atoms with van der Waals surface area (Å²) in [5.41, 5.74) is 7.22. The first kappa shape index (κ1) is 16.0. The molecule has 1 heterocycles. The molecule has 1 aromatic heterocycles. The molecule has 0 spiro atoms. The van der Waals surface area contributed by atoms with E-state index in [1.54, 1.807) is 0 Å². The van der Waals surface area contributed by atoms with Crippen LogP contribution in [0.1, 0.15) is 56.8 Å². The third kappa shape index (κ3) is 3.28. The Morgan fingerprint density at radius 1 is 1.24 bits per heavy atom. The average molecular weight is 291 g/mol. The number of hydrogen-bond acceptors (Lipinski definition) is 5. The summed E-state index contributed by atoms with van der Waals surface area (Å²) in [6, 6.07) is 0. The maximum atomic E-state index is 6.03. The van der Waals surface area contributed by atoms with E-state index in [0.717, 1.165) is 23.8 Å². The van der Waals surface area contributed by atoms with Gasteiger partial charge in [0.15, 0.2) is 0 Å². The molecule has 0 bridgehead atoms. The molecule has 0 amide bonds. The van der Waals surface area contributed by atoms with E-state index in [1.165, 1.54) is 25.7 Å². The topological polar surface area (TPSA) is 67.1 Å². The standard InChI is InChI=1S/C16H29N5/c1-11(2)14-19-13(17)12(3)15(20-14)18-10-16(21(4)5)8-6-7-9-16/h11H,6-10H2,1-5H3,(H3,17,18,19,20). The van der Waals surface area contributed by atoms with Gasteiger partial charge < -0.3 is 16.0 Å². The third-order valence-corrected chi connectivity index (χ3v) is 4.79. The number of nitrogen functional groups attached to an aromatic ring is 1. The Morgan fingerprint density at radius 3 is 2.38 bits per heavy atom. The molecule has 1 aliphatic rings. The number of likely N-dealkylation sites (N-methyl/N-ethyl adjacent to an activating group) is 1. The van der Waals surface area contributed by atoms with Crippen molar-refractivity contribution in [2.24, 2.45) is 0 Å². The summed E-state index contributed by atoms with van der Waals surface area (Å²) in [6.45, 7) is 7.08. The summed E-state index contributed by atoms with van der Waals surface area (Å²) in [5, 5.41) is 3.54. The van der Waals surface area contributed by atoms with Crippen molar-refractivity contribution in [1.82, 2.24) is 14.9 Å². The minimum atomic E-state index is 0.240. The third-order valence-electron chi connectivity index (χ3n) is 4.79. The quantitative estimate of drug-likeness (QED) is 0.873. The highest BCUT2D eigenvalue weighted by Gasteiger charge is 2.35. The molecular weight excluding hydrogens is 262 g/mol. The second-order valence-electron chi connectivity index (χ2n) is 6.77. The minimum absolute atomic E-state index is 0.240. The fourth-order valence-electron chi connectivity index (χ4n) is 3.05. The molecule has 5 nitrogen and oxygen atoms in total. The first-order valence-corrected chi connectivity index (χ1v) is 7.91. The predicted molar refractivity (Wildman–Crippen MR) is 88.6 cm³/mol. The smallest absolute Gasteiger partial charge is 0.135 e. The van der Waals surface area contributed by atoms with E-state index in [1.807, 2.05) is 6.92 Å². The van der Waals surface area contributed by atoms with Crippen LogP contribution in [0.15, 0.2) is 0 Å². The average Bonchev–Trinajstić information content (AvgIpc) is 2.90. The normalized spacial score (nSPS) is 17.7. The largest absolute Gasteiger partial charge is 0.383 e. The molecule has 1 aliphatic carbocycles. The lowest BCUT2D eigenvalue weighted by molar-refractivity contribution is 0.172. The number of nitrogens with one attached hydrogen (secondary N) is 1. The molecule has 5 heteroatoms. The highest BCUT2D eigenvalue weighted by molar-refractivity contribution is 5.55. The van der Waals surface area contributed by atoms with Gasteiger partial charge >= 0.3 is 0 Å². The van der Waals surface area contributed by atoms with Gasteiger partial charge in [0.1, 0.15) is 17.5 Å². The molecule has 2 rings (SSSR count). The molecular formula is C16H29N5. The van der Waals surface area contributed by atoms with Crippen molar-refractivity contribution in [2.45, 2.75) is 57.9 Å². The summed E-state index contributed by atoms with van der Waals surface area (Å²) in [5.74, 6) is 2.56. The molecule has 3 N–H and O–H groups in total. The van der Waals surface area contributed by atoms with E-state index in [2.05, 4.69) is 48.1 Å². The van der Waals surface area contributed by atoms with Crippen molar-refractivity contribution in [2.75, 3.05) is 31.7 Å². The molecule has 0 aromatic carbocycles. The second kappa shape index (κ2) is 6.18. The molecule has 21 heavy (non-hydrogen) atoms. The summed E-state index contributed by atoms with van der Waals surface area (Å²) in [4.78, 5) is 11.4. The van der Waals surface area contributed by atoms with Gasteiger partial charge in [-0.15, -0.1) is 0 Å². The zero-order valence-electron chi connectivity index (χ0n) is 14.0. The van der Waals surface area contributed by atoms with E-state index in [4.69, 9.17) is 5.73 Å². The Hall–Kier alpha value is -1.36. The molecule has 0 radical (unpaired) electrons. The van der Waals surface area contributed by atoms with Crippen molar-refractivity contribution < 1.29 is 0 Å². The van der Waals surface area contributed by atoms with E-state index in [-0.39, 0.29) is 11.5 Å². The Kier molecular flexibility index (Phi) is 4.71. The fraction of sp³-hybridized carbons (Fsp3) is 0.750. The van der Waals surface area contributed by atoms with Gasteiger partial charge in [-0.1, -0.05) is 26.7 Å². The molecule has 0 atom stereocenters. The van der Waals surface area contributed by atoms with Crippen LogP contribution in [0.2, 0.25) is 0 Å². The lowest BCUT2D eigenvalue weighted by Gasteiger charge is -2.36.